The second kappa shape index (κ2) is 3.20. The van der Waals surface area contributed by atoms with Crippen molar-refractivity contribution >= 4 is 11.6 Å². The fourth-order valence-corrected chi connectivity index (χ4v) is 1.23. The van der Waals surface area contributed by atoms with E-state index >= 15 is 0 Å². The lowest BCUT2D eigenvalue weighted by Gasteiger charge is -2.05. The zero-order valence-electron chi connectivity index (χ0n) is 5.85. The molecule has 0 aliphatic heterocycles. The summed E-state index contributed by atoms with van der Waals surface area (Å²) in [4.78, 5) is 0. The molecule has 1 rings (SSSR count). The largest absolute Gasteiger partial charge is 0.245 e. The normalized spacial score (nSPS) is 33.3. The molecule has 0 nitrogen and oxygen atoms in total. The molecule has 0 aromatic rings. The van der Waals surface area contributed by atoms with E-state index in [1.165, 1.54) is 0 Å². The van der Waals surface area contributed by atoms with Gasteiger partial charge in [-0.15, -0.1) is 11.6 Å². The van der Waals surface area contributed by atoms with Crippen LogP contribution in [-0.4, -0.2) is 11.5 Å². The van der Waals surface area contributed by atoms with Crippen LogP contribution in [0.25, 0.3) is 0 Å². The first kappa shape index (κ1) is 7.80. The molecular formula is C8H10ClF. The van der Waals surface area contributed by atoms with Crippen LogP contribution in [-0.2, 0) is 0 Å². The Morgan fingerprint density at radius 2 is 2.40 bits per heavy atom. The van der Waals surface area contributed by atoms with Crippen LogP contribution < -0.4 is 0 Å². The molecule has 0 bridgehead atoms. The Morgan fingerprint density at radius 3 is 3.10 bits per heavy atom. The molecule has 0 saturated carbocycles. The molecule has 0 amide bonds. The number of alkyl halides is 2. The van der Waals surface area contributed by atoms with Crippen molar-refractivity contribution < 1.29 is 4.39 Å². The second-order valence-corrected chi connectivity index (χ2v) is 3.01. The number of hydrogen-bond donors (Lipinski definition) is 0. The molecule has 2 unspecified atom stereocenters. The minimum atomic E-state index is -0.921. The molecule has 0 radical (unpaired) electrons. The van der Waals surface area contributed by atoms with Crippen LogP contribution in [0.5, 0.6) is 0 Å². The summed E-state index contributed by atoms with van der Waals surface area (Å²) < 4.78 is 12.8. The van der Waals surface area contributed by atoms with Crippen LogP contribution >= 0.6 is 11.6 Å². The Bertz CT molecular complexity index is 172. The second-order valence-electron chi connectivity index (χ2n) is 2.51. The third kappa shape index (κ3) is 1.84. The highest BCUT2D eigenvalue weighted by Gasteiger charge is 2.15. The third-order valence-corrected chi connectivity index (χ3v) is 1.91. The molecule has 1 aliphatic carbocycles. The smallest absolute Gasteiger partial charge is 0.123 e. The van der Waals surface area contributed by atoms with E-state index in [9.17, 15) is 4.39 Å². The molecule has 56 valence electrons. The molecule has 0 N–H and O–H groups in total. The van der Waals surface area contributed by atoms with E-state index in [-0.39, 0.29) is 0 Å². The SMILES string of the molecule is CC1=CC(Cl)C(F)CC=C1. The van der Waals surface area contributed by atoms with Crippen LogP contribution in [0.3, 0.4) is 0 Å². The van der Waals surface area contributed by atoms with E-state index in [1.807, 2.05) is 19.1 Å². The monoisotopic (exact) mass is 160 g/mol. The number of hydrogen-bond acceptors (Lipinski definition) is 0. The van der Waals surface area contributed by atoms with Crippen LogP contribution in [0.1, 0.15) is 13.3 Å². The van der Waals surface area contributed by atoms with Crippen molar-refractivity contribution in [1.82, 2.24) is 0 Å². The first-order valence-electron chi connectivity index (χ1n) is 3.33. The van der Waals surface area contributed by atoms with Crippen LogP contribution in [0.2, 0.25) is 0 Å². The van der Waals surface area contributed by atoms with Gasteiger partial charge in [0.05, 0.1) is 5.38 Å². The lowest BCUT2D eigenvalue weighted by Crippen LogP contribution is -2.11. The lowest BCUT2D eigenvalue weighted by molar-refractivity contribution is 0.345. The highest BCUT2D eigenvalue weighted by Crippen LogP contribution is 2.18. The van der Waals surface area contributed by atoms with Crippen LogP contribution in [0.15, 0.2) is 23.8 Å². The summed E-state index contributed by atoms with van der Waals surface area (Å²) in [6, 6.07) is 0. The summed E-state index contributed by atoms with van der Waals surface area (Å²) in [7, 11) is 0. The maximum atomic E-state index is 12.8. The Balaban J connectivity index is 2.71. The van der Waals surface area contributed by atoms with Crippen molar-refractivity contribution in [3.05, 3.63) is 23.8 Å². The standard InChI is InChI=1S/C8H10ClF/c1-6-3-2-4-8(10)7(9)5-6/h2-3,5,7-8H,4H2,1H3. The quantitative estimate of drug-likeness (QED) is 0.478. The summed E-state index contributed by atoms with van der Waals surface area (Å²) in [6.07, 6.45) is 4.97. The van der Waals surface area contributed by atoms with Gasteiger partial charge in [0, 0.05) is 0 Å². The van der Waals surface area contributed by atoms with Gasteiger partial charge in [0.15, 0.2) is 0 Å². The Morgan fingerprint density at radius 1 is 1.70 bits per heavy atom. The summed E-state index contributed by atoms with van der Waals surface area (Å²) >= 11 is 5.68. The van der Waals surface area contributed by atoms with Crippen molar-refractivity contribution in [3.63, 3.8) is 0 Å². The van der Waals surface area contributed by atoms with Crippen molar-refractivity contribution in [2.75, 3.05) is 0 Å². The van der Waals surface area contributed by atoms with E-state index < -0.39 is 11.5 Å². The molecular weight excluding hydrogens is 151 g/mol. The molecule has 0 spiro atoms. The summed E-state index contributed by atoms with van der Waals surface area (Å²) in [5.41, 5.74) is 1.04. The number of rotatable bonds is 0. The van der Waals surface area contributed by atoms with Crippen molar-refractivity contribution in [2.45, 2.75) is 24.9 Å². The molecule has 10 heavy (non-hydrogen) atoms. The maximum Gasteiger partial charge on any atom is 0.123 e. The van der Waals surface area contributed by atoms with Gasteiger partial charge in [0.25, 0.3) is 0 Å². The molecule has 0 heterocycles. The van der Waals surface area contributed by atoms with E-state index in [4.69, 9.17) is 11.6 Å². The predicted molar refractivity (Wildman–Crippen MR) is 42.1 cm³/mol. The average Bonchev–Trinajstić information content (AvgIpc) is 1.96. The maximum absolute atomic E-state index is 12.8. The minimum Gasteiger partial charge on any atom is -0.245 e. The Labute approximate surface area is 65.4 Å². The highest BCUT2D eigenvalue weighted by atomic mass is 35.5. The van der Waals surface area contributed by atoms with E-state index in [0.717, 1.165) is 5.57 Å². The van der Waals surface area contributed by atoms with Crippen molar-refractivity contribution in [3.8, 4) is 0 Å². The molecule has 0 fully saturated rings. The number of allylic oxidation sites excluding steroid dienone is 4. The van der Waals surface area contributed by atoms with Gasteiger partial charge in [-0.1, -0.05) is 23.8 Å². The zero-order chi connectivity index (χ0) is 7.56. The first-order chi connectivity index (χ1) is 4.70. The van der Waals surface area contributed by atoms with E-state index in [0.29, 0.717) is 6.42 Å². The zero-order valence-corrected chi connectivity index (χ0v) is 6.61. The molecule has 0 aromatic carbocycles. The van der Waals surface area contributed by atoms with Crippen LogP contribution in [0, 0.1) is 0 Å². The van der Waals surface area contributed by atoms with Gasteiger partial charge in [0.2, 0.25) is 0 Å². The van der Waals surface area contributed by atoms with E-state index in [1.54, 1.807) is 6.08 Å². The fourth-order valence-electron chi connectivity index (χ4n) is 0.925. The topological polar surface area (TPSA) is 0 Å². The summed E-state index contributed by atoms with van der Waals surface area (Å²) in [6.45, 7) is 1.92. The van der Waals surface area contributed by atoms with E-state index in [2.05, 4.69) is 0 Å². The van der Waals surface area contributed by atoms with Gasteiger partial charge < -0.3 is 0 Å². The Hall–Kier alpha value is -0.300. The van der Waals surface area contributed by atoms with Crippen molar-refractivity contribution in [1.29, 1.82) is 0 Å². The summed E-state index contributed by atoms with van der Waals surface area (Å²) in [5.74, 6) is 0. The molecule has 0 saturated heterocycles. The van der Waals surface area contributed by atoms with Gasteiger partial charge in [-0.2, -0.15) is 0 Å². The van der Waals surface area contributed by atoms with Crippen LogP contribution in [0.4, 0.5) is 4.39 Å². The predicted octanol–water partition coefficient (Wildman–Crippen LogP) is 2.84. The van der Waals surface area contributed by atoms with Gasteiger partial charge >= 0.3 is 0 Å². The molecule has 1 aliphatic rings. The van der Waals surface area contributed by atoms with Gasteiger partial charge in [-0.25, -0.2) is 4.39 Å². The summed E-state index contributed by atoms with van der Waals surface area (Å²) in [5, 5.41) is -0.449. The fraction of sp³-hybridized carbons (Fsp3) is 0.500. The minimum absolute atomic E-state index is 0.433. The van der Waals surface area contributed by atoms with Crippen molar-refractivity contribution in [2.24, 2.45) is 0 Å². The van der Waals surface area contributed by atoms with Gasteiger partial charge in [-0.3, -0.25) is 0 Å². The molecule has 2 heteroatoms. The Kier molecular flexibility index (Phi) is 2.50. The van der Waals surface area contributed by atoms with Gasteiger partial charge in [-0.05, 0) is 13.3 Å². The highest BCUT2D eigenvalue weighted by molar-refractivity contribution is 6.22. The lowest BCUT2D eigenvalue weighted by atomic mass is 10.2. The average molecular weight is 161 g/mol. The third-order valence-electron chi connectivity index (χ3n) is 1.51. The van der Waals surface area contributed by atoms with Gasteiger partial charge in [0.1, 0.15) is 6.17 Å². The number of halogens is 2. The molecule has 2 atom stereocenters. The first-order valence-corrected chi connectivity index (χ1v) is 3.77. The molecule has 0 aromatic heterocycles.